The van der Waals surface area contributed by atoms with Gasteiger partial charge in [-0.3, -0.25) is 9.69 Å². The summed E-state index contributed by atoms with van der Waals surface area (Å²) in [7, 11) is -3.69. The van der Waals surface area contributed by atoms with Gasteiger partial charge in [0.2, 0.25) is 5.91 Å². The molecular formula is C22H32N4O3S2. The predicted octanol–water partition coefficient (Wildman–Crippen LogP) is 2.38. The molecule has 0 aliphatic carbocycles. The van der Waals surface area contributed by atoms with Crippen molar-refractivity contribution >= 4 is 33.0 Å². The SMILES string of the molecule is CC(C)[C@H](NS(=O)(=O)c1cccs1)C(=O)NCCCN1CCN(c2ccccc2)CC1. The molecule has 0 bridgehead atoms. The van der Waals surface area contributed by atoms with Crippen LogP contribution in [0.2, 0.25) is 0 Å². The zero-order chi connectivity index (χ0) is 22.3. The van der Waals surface area contributed by atoms with Crippen LogP contribution < -0.4 is 14.9 Å². The minimum atomic E-state index is -3.69. The van der Waals surface area contributed by atoms with Gasteiger partial charge in [0.05, 0.1) is 0 Å². The third-order valence-corrected chi connectivity index (χ3v) is 8.27. The smallest absolute Gasteiger partial charge is 0.250 e. The Morgan fingerprint density at radius 3 is 2.39 bits per heavy atom. The van der Waals surface area contributed by atoms with Crippen LogP contribution in [0.4, 0.5) is 5.69 Å². The topological polar surface area (TPSA) is 81.7 Å². The van der Waals surface area contributed by atoms with Crippen molar-refractivity contribution in [3.8, 4) is 0 Å². The highest BCUT2D eigenvalue weighted by Gasteiger charge is 2.28. The molecule has 1 atom stereocenters. The summed E-state index contributed by atoms with van der Waals surface area (Å²) in [5, 5.41) is 4.61. The summed E-state index contributed by atoms with van der Waals surface area (Å²) in [6.07, 6.45) is 0.833. The maximum atomic E-state index is 12.6. The Kier molecular flexibility index (Phi) is 8.48. The lowest BCUT2D eigenvalue weighted by Crippen LogP contribution is -2.50. The van der Waals surface area contributed by atoms with Crippen LogP contribution in [0, 0.1) is 5.92 Å². The number of rotatable bonds is 10. The van der Waals surface area contributed by atoms with E-state index in [2.05, 4.69) is 44.1 Å². The Hall–Kier alpha value is -1.94. The molecule has 0 radical (unpaired) electrons. The van der Waals surface area contributed by atoms with E-state index in [4.69, 9.17) is 0 Å². The Morgan fingerprint density at radius 2 is 1.77 bits per heavy atom. The Morgan fingerprint density at radius 1 is 1.06 bits per heavy atom. The molecule has 1 aromatic carbocycles. The molecule has 1 aliphatic heterocycles. The van der Waals surface area contributed by atoms with Crippen molar-refractivity contribution in [2.45, 2.75) is 30.5 Å². The number of sulfonamides is 1. The van der Waals surface area contributed by atoms with E-state index in [1.54, 1.807) is 17.5 Å². The molecule has 7 nitrogen and oxygen atoms in total. The molecule has 170 valence electrons. The second kappa shape index (κ2) is 11.1. The van der Waals surface area contributed by atoms with Crippen LogP contribution in [-0.4, -0.2) is 64.5 Å². The highest BCUT2D eigenvalue weighted by atomic mass is 32.2. The number of thiophene rings is 1. The Balaban J connectivity index is 1.40. The van der Waals surface area contributed by atoms with Crippen LogP contribution in [0.25, 0.3) is 0 Å². The number of nitrogens with zero attached hydrogens (tertiary/aromatic N) is 2. The first-order valence-corrected chi connectivity index (χ1v) is 13.1. The van der Waals surface area contributed by atoms with Crippen LogP contribution in [0.3, 0.4) is 0 Å². The van der Waals surface area contributed by atoms with Gasteiger partial charge in [0.25, 0.3) is 10.0 Å². The number of piperazine rings is 1. The van der Waals surface area contributed by atoms with Gasteiger partial charge in [-0.15, -0.1) is 11.3 Å². The Labute approximate surface area is 189 Å². The molecule has 3 rings (SSSR count). The van der Waals surface area contributed by atoms with Crippen LogP contribution in [-0.2, 0) is 14.8 Å². The molecule has 0 spiro atoms. The minimum absolute atomic E-state index is 0.152. The molecule has 1 aliphatic rings. The van der Waals surface area contributed by atoms with Gasteiger partial charge in [0.15, 0.2) is 0 Å². The maximum Gasteiger partial charge on any atom is 0.250 e. The number of para-hydroxylation sites is 1. The summed E-state index contributed by atoms with van der Waals surface area (Å²) >= 11 is 1.14. The highest BCUT2D eigenvalue weighted by molar-refractivity contribution is 7.91. The van der Waals surface area contributed by atoms with Gasteiger partial charge in [-0.05, 0) is 42.5 Å². The zero-order valence-corrected chi connectivity index (χ0v) is 19.8. The van der Waals surface area contributed by atoms with E-state index in [0.29, 0.717) is 6.54 Å². The largest absolute Gasteiger partial charge is 0.369 e. The molecule has 1 amide bonds. The van der Waals surface area contributed by atoms with Crippen molar-refractivity contribution in [3.63, 3.8) is 0 Å². The molecule has 31 heavy (non-hydrogen) atoms. The van der Waals surface area contributed by atoms with E-state index < -0.39 is 16.1 Å². The second-order valence-electron chi connectivity index (χ2n) is 8.08. The summed E-state index contributed by atoms with van der Waals surface area (Å²) in [4.78, 5) is 17.4. The quantitative estimate of drug-likeness (QED) is 0.528. The number of benzene rings is 1. The number of hydrogen-bond donors (Lipinski definition) is 2. The van der Waals surface area contributed by atoms with E-state index in [1.807, 2.05) is 19.9 Å². The predicted molar refractivity (Wildman–Crippen MR) is 126 cm³/mol. The van der Waals surface area contributed by atoms with Gasteiger partial charge in [-0.2, -0.15) is 4.72 Å². The molecule has 2 heterocycles. The zero-order valence-electron chi connectivity index (χ0n) is 18.2. The standard InChI is InChI=1S/C22H32N4O3S2/c1-18(2)21(24-31(28,29)20-10-6-17-30-20)22(27)23-11-7-12-25-13-15-26(16-14-25)19-8-4-3-5-9-19/h3-6,8-10,17-18,21,24H,7,11-16H2,1-2H3,(H,23,27)/t21-/m0/s1. The number of hydrogen-bond acceptors (Lipinski definition) is 6. The molecule has 1 aromatic heterocycles. The van der Waals surface area contributed by atoms with Crippen molar-refractivity contribution < 1.29 is 13.2 Å². The average Bonchev–Trinajstić information content (AvgIpc) is 3.32. The lowest BCUT2D eigenvalue weighted by molar-refractivity contribution is -0.123. The fraction of sp³-hybridized carbons (Fsp3) is 0.500. The van der Waals surface area contributed by atoms with Gasteiger partial charge in [-0.1, -0.05) is 38.1 Å². The van der Waals surface area contributed by atoms with Gasteiger partial charge in [-0.25, -0.2) is 8.42 Å². The van der Waals surface area contributed by atoms with Crippen LogP contribution in [0.5, 0.6) is 0 Å². The summed E-state index contributed by atoms with van der Waals surface area (Å²) in [5.41, 5.74) is 1.26. The normalized spacial score (nSPS) is 16.4. The number of carbonyl (C=O) groups is 1. The molecular weight excluding hydrogens is 432 g/mol. The van der Waals surface area contributed by atoms with Crippen LogP contribution in [0.1, 0.15) is 20.3 Å². The number of nitrogens with one attached hydrogen (secondary N) is 2. The number of carbonyl (C=O) groups excluding carboxylic acids is 1. The van der Waals surface area contributed by atoms with Crippen molar-refractivity contribution in [2.24, 2.45) is 5.92 Å². The third kappa shape index (κ3) is 6.77. The fourth-order valence-electron chi connectivity index (χ4n) is 3.63. The van der Waals surface area contributed by atoms with Gasteiger partial charge in [0.1, 0.15) is 10.3 Å². The summed E-state index contributed by atoms with van der Waals surface area (Å²) in [6, 6.07) is 12.9. The minimum Gasteiger partial charge on any atom is -0.369 e. The molecule has 2 aromatic rings. The first kappa shape index (κ1) is 23.7. The molecule has 1 saturated heterocycles. The lowest BCUT2D eigenvalue weighted by atomic mass is 10.1. The third-order valence-electron chi connectivity index (χ3n) is 5.44. The number of amides is 1. The fourth-order valence-corrected chi connectivity index (χ4v) is 5.98. The van der Waals surface area contributed by atoms with E-state index in [-0.39, 0.29) is 16.0 Å². The molecule has 1 fully saturated rings. The lowest BCUT2D eigenvalue weighted by Gasteiger charge is -2.36. The molecule has 0 saturated carbocycles. The van der Waals surface area contributed by atoms with Crippen molar-refractivity contribution in [1.29, 1.82) is 0 Å². The van der Waals surface area contributed by atoms with E-state index in [1.165, 1.54) is 5.69 Å². The van der Waals surface area contributed by atoms with Gasteiger partial charge in [0, 0.05) is 38.4 Å². The summed E-state index contributed by atoms with van der Waals surface area (Å²) < 4.78 is 27.8. The number of anilines is 1. The van der Waals surface area contributed by atoms with E-state index in [0.717, 1.165) is 50.5 Å². The summed E-state index contributed by atoms with van der Waals surface area (Å²) in [6.45, 7) is 9.11. The van der Waals surface area contributed by atoms with Gasteiger partial charge >= 0.3 is 0 Å². The van der Waals surface area contributed by atoms with Crippen molar-refractivity contribution in [3.05, 3.63) is 47.8 Å². The molecule has 0 unspecified atom stereocenters. The first-order valence-electron chi connectivity index (χ1n) is 10.7. The summed E-state index contributed by atoms with van der Waals surface area (Å²) in [5.74, 6) is -0.426. The highest BCUT2D eigenvalue weighted by Crippen LogP contribution is 2.18. The van der Waals surface area contributed by atoms with Crippen LogP contribution >= 0.6 is 11.3 Å². The van der Waals surface area contributed by atoms with Crippen molar-refractivity contribution in [1.82, 2.24) is 14.9 Å². The second-order valence-corrected chi connectivity index (χ2v) is 11.0. The average molecular weight is 465 g/mol. The first-order chi connectivity index (χ1) is 14.9. The van der Waals surface area contributed by atoms with E-state index >= 15 is 0 Å². The van der Waals surface area contributed by atoms with Crippen molar-refractivity contribution in [2.75, 3.05) is 44.2 Å². The van der Waals surface area contributed by atoms with Crippen LogP contribution in [0.15, 0.2) is 52.1 Å². The van der Waals surface area contributed by atoms with E-state index in [9.17, 15) is 13.2 Å². The Bertz CT molecular complexity index is 909. The maximum absolute atomic E-state index is 12.6. The molecule has 2 N–H and O–H groups in total. The van der Waals surface area contributed by atoms with Gasteiger partial charge < -0.3 is 10.2 Å². The molecule has 9 heteroatoms. The monoisotopic (exact) mass is 464 g/mol.